The summed E-state index contributed by atoms with van der Waals surface area (Å²) in [6, 6.07) is 12.9. The maximum atomic E-state index is 10.8. The lowest BCUT2D eigenvalue weighted by molar-refractivity contribution is 0.190. The third kappa shape index (κ3) is 4.24. The molecule has 3 aromatic rings. The SMILES string of the molecule is CCOc1ccc(OCc2ccc3[nH]c(C(C)NC(=O)O)nc3c2)cc1. The fourth-order valence-corrected chi connectivity index (χ4v) is 2.58. The summed E-state index contributed by atoms with van der Waals surface area (Å²) in [6.45, 7) is 4.72. The van der Waals surface area contributed by atoms with Crippen LogP contribution in [0.15, 0.2) is 42.5 Å². The van der Waals surface area contributed by atoms with Crippen LogP contribution in [0.3, 0.4) is 0 Å². The van der Waals surface area contributed by atoms with Crippen LogP contribution < -0.4 is 14.8 Å². The second kappa shape index (κ2) is 7.77. The van der Waals surface area contributed by atoms with E-state index in [1.165, 1.54) is 0 Å². The lowest BCUT2D eigenvalue weighted by Gasteiger charge is -2.08. The van der Waals surface area contributed by atoms with E-state index in [1.807, 2.05) is 49.4 Å². The lowest BCUT2D eigenvalue weighted by atomic mass is 10.2. The number of hydrogen-bond acceptors (Lipinski definition) is 4. The number of amides is 1. The van der Waals surface area contributed by atoms with E-state index in [4.69, 9.17) is 14.6 Å². The topological polar surface area (TPSA) is 96.5 Å². The molecule has 1 heterocycles. The van der Waals surface area contributed by atoms with Gasteiger partial charge in [-0.2, -0.15) is 0 Å². The van der Waals surface area contributed by atoms with Crippen LogP contribution in [-0.2, 0) is 6.61 Å². The van der Waals surface area contributed by atoms with Crippen LogP contribution in [0.5, 0.6) is 11.5 Å². The van der Waals surface area contributed by atoms with E-state index in [0.717, 1.165) is 28.1 Å². The van der Waals surface area contributed by atoms with E-state index < -0.39 is 12.1 Å². The molecule has 0 spiro atoms. The third-order valence-corrected chi connectivity index (χ3v) is 3.86. The number of aromatic amines is 1. The van der Waals surface area contributed by atoms with E-state index >= 15 is 0 Å². The Morgan fingerprint density at radius 3 is 2.54 bits per heavy atom. The Bertz CT molecular complexity index is 889. The normalized spacial score (nSPS) is 11.9. The summed E-state index contributed by atoms with van der Waals surface area (Å²) in [5, 5.41) is 11.2. The molecule has 0 bridgehead atoms. The number of benzene rings is 2. The molecule has 1 amide bonds. The molecule has 0 radical (unpaired) electrons. The fourth-order valence-electron chi connectivity index (χ4n) is 2.58. The number of nitrogens with one attached hydrogen (secondary N) is 2. The van der Waals surface area contributed by atoms with Gasteiger partial charge in [0.25, 0.3) is 0 Å². The summed E-state index contributed by atoms with van der Waals surface area (Å²) >= 11 is 0. The summed E-state index contributed by atoms with van der Waals surface area (Å²) in [5.74, 6) is 2.15. The molecule has 3 rings (SSSR count). The zero-order valence-corrected chi connectivity index (χ0v) is 14.7. The number of fused-ring (bicyclic) bond motifs is 1. The van der Waals surface area contributed by atoms with E-state index in [0.29, 0.717) is 19.0 Å². The highest BCUT2D eigenvalue weighted by Gasteiger charge is 2.13. The standard InChI is InChI=1S/C19H21N3O4/c1-3-25-14-5-7-15(8-6-14)26-11-13-4-9-16-17(10-13)22-18(21-16)12(2)20-19(23)24/h4-10,12,20H,3,11H2,1-2H3,(H,21,22)(H,23,24). The number of carbonyl (C=O) groups is 1. The van der Waals surface area contributed by atoms with Crippen LogP contribution in [0.25, 0.3) is 11.0 Å². The van der Waals surface area contributed by atoms with Crippen LogP contribution in [0.1, 0.15) is 31.3 Å². The first-order chi connectivity index (χ1) is 12.5. The van der Waals surface area contributed by atoms with Crippen molar-refractivity contribution in [3.63, 3.8) is 0 Å². The number of aromatic nitrogens is 2. The molecule has 26 heavy (non-hydrogen) atoms. The summed E-state index contributed by atoms with van der Waals surface area (Å²) in [7, 11) is 0. The maximum Gasteiger partial charge on any atom is 0.405 e. The van der Waals surface area contributed by atoms with Crippen molar-refractivity contribution in [1.29, 1.82) is 0 Å². The van der Waals surface area contributed by atoms with Crippen molar-refractivity contribution in [2.75, 3.05) is 6.61 Å². The highest BCUT2D eigenvalue weighted by atomic mass is 16.5. The Hall–Kier alpha value is -3.22. The molecule has 1 atom stereocenters. The van der Waals surface area contributed by atoms with Gasteiger partial charge in [-0.15, -0.1) is 0 Å². The lowest BCUT2D eigenvalue weighted by Crippen LogP contribution is -2.25. The van der Waals surface area contributed by atoms with Crippen LogP contribution in [0.2, 0.25) is 0 Å². The molecule has 0 saturated carbocycles. The van der Waals surface area contributed by atoms with Gasteiger partial charge in [0.1, 0.15) is 23.9 Å². The largest absolute Gasteiger partial charge is 0.494 e. The number of rotatable bonds is 7. The Morgan fingerprint density at radius 1 is 1.19 bits per heavy atom. The predicted octanol–water partition coefficient (Wildman–Crippen LogP) is 3.87. The van der Waals surface area contributed by atoms with Crippen molar-refractivity contribution in [1.82, 2.24) is 15.3 Å². The number of ether oxygens (including phenoxy) is 2. The molecule has 1 aromatic heterocycles. The molecule has 3 N–H and O–H groups in total. The predicted molar refractivity (Wildman–Crippen MR) is 97.6 cm³/mol. The van der Waals surface area contributed by atoms with E-state index in [-0.39, 0.29) is 0 Å². The van der Waals surface area contributed by atoms with Crippen molar-refractivity contribution in [2.24, 2.45) is 0 Å². The number of imidazole rings is 1. The molecule has 0 fully saturated rings. The van der Waals surface area contributed by atoms with E-state index in [9.17, 15) is 4.79 Å². The fraction of sp³-hybridized carbons (Fsp3) is 0.263. The first-order valence-corrected chi connectivity index (χ1v) is 8.39. The van der Waals surface area contributed by atoms with Crippen molar-refractivity contribution in [2.45, 2.75) is 26.5 Å². The summed E-state index contributed by atoms with van der Waals surface area (Å²) < 4.78 is 11.2. The molecular formula is C19H21N3O4. The summed E-state index contributed by atoms with van der Waals surface area (Å²) in [4.78, 5) is 18.3. The minimum Gasteiger partial charge on any atom is -0.494 e. The summed E-state index contributed by atoms with van der Waals surface area (Å²) in [5.41, 5.74) is 2.60. The zero-order chi connectivity index (χ0) is 18.5. The second-order valence-electron chi connectivity index (χ2n) is 5.84. The highest BCUT2D eigenvalue weighted by Crippen LogP contribution is 2.21. The first-order valence-electron chi connectivity index (χ1n) is 8.39. The van der Waals surface area contributed by atoms with E-state index in [1.54, 1.807) is 6.92 Å². The van der Waals surface area contributed by atoms with Crippen LogP contribution in [0, 0.1) is 0 Å². The Kier molecular flexibility index (Phi) is 5.26. The number of H-pyrrole nitrogens is 1. The number of nitrogens with zero attached hydrogens (tertiary/aromatic N) is 1. The molecule has 7 heteroatoms. The Labute approximate surface area is 151 Å². The van der Waals surface area contributed by atoms with E-state index in [2.05, 4.69) is 15.3 Å². The monoisotopic (exact) mass is 355 g/mol. The Balaban J connectivity index is 1.67. The van der Waals surface area contributed by atoms with Gasteiger partial charge in [0.15, 0.2) is 0 Å². The van der Waals surface area contributed by atoms with Crippen LogP contribution in [-0.4, -0.2) is 27.8 Å². The van der Waals surface area contributed by atoms with Gasteiger partial charge >= 0.3 is 6.09 Å². The second-order valence-corrected chi connectivity index (χ2v) is 5.84. The molecule has 136 valence electrons. The number of hydrogen-bond donors (Lipinski definition) is 3. The minimum absolute atomic E-state index is 0.412. The molecule has 0 aliphatic heterocycles. The number of carboxylic acid groups (broad SMARTS) is 1. The van der Waals surface area contributed by atoms with Gasteiger partial charge in [0, 0.05) is 0 Å². The molecule has 2 aromatic carbocycles. The van der Waals surface area contributed by atoms with Gasteiger partial charge in [-0.25, -0.2) is 9.78 Å². The maximum absolute atomic E-state index is 10.8. The van der Waals surface area contributed by atoms with Crippen molar-refractivity contribution in [3.8, 4) is 11.5 Å². The third-order valence-electron chi connectivity index (χ3n) is 3.86. The Morgan fingerprint density at radius 2 is 1.88 bits per heavy atom. The van der Waals surface area contributed by atoms with Gasteiger partial charge < -0.3 is 24.9 Å². The summed E-state index contributed by atoms with van der Waals surface area (Å²) in [6.07, 6.45) is -1.08. The first kappa shape index (κ1) is 17.6. The molecule has 1 unspecified atom stereocenters. The van der Waals surface area contributed by atoms with Crippen molar-refractivity contribution >= 4 is 17.1 Å². The molecule has 0 aliphatic carbocycles. The van der Waals surface area contributed by atoms with Gasteiger partial charge in [0.05, 0.1) is 23.7 Å². The van der Waals surface area contributed by atoms with Gasteiger partial charge in [-0.3, -0.25) is 0 Å². The average molecular weight is 355 g/mol. The average Bonchev–Trinajstić information content (AvgIpc) is 3.04. The molecule has 0 aliphatic rings. The highest BCUT2D eigenvalue weighted by molar-refractivity contribution is 5.76. The smallest absolute Gasteiger partial charge is 0.405 e. The molecular weight excluding hydrogens is 334 g/mol. The quantitative estimate of drug-likeness (QED) is 0.598. The van der Waals surface area contributed by atoms with Gasteiger partial charge in [-0.1, -0.05) is 6.07 Å². The molecule has 7 nitrogen and oxygen atoms in total. The minimum atomic E-state index is -1.08. The van der Waals surface area contributed by atoms with Crippen molar-refractivity contribution < 1.29 is 19.4 Å². The van der Waals surface area contributed by atoms with Crippen LogP contribution >= 0.6 is 0 Å². The zero-order valence-electron chi connectivity index (χ0n) is 14.7. The van der Waals surface area contributed by atoms with Gasteiger partial charge in [0.2, 0.25) is 0 Å². The van der Waals surface area contributed by atoms with Crippen molar-refractivity contribution in [3.05, 3.63) is 53.9 Å². The van der Waals surface area contributed by atoms with Crippen LogP contribution in [0.4, 0.5) is 4.79 Å². The van der Waals surface area contributed by atoms with Gasteiger partial charge in [-0.05, 0) is 55.8 Å². The molecule has 0 saturated heterocycles.